The maximum atomic E-state index is 13.1. The Hall–Kier alpha value is -2.69. The Morgan fingerprint density at radius 2 is 2.04 bits per heavy atom. The highest BCUT2D eigenvalue weighted by atomic mass is 16.5. The summed E-state index contributed by atoms with van der Waals surface area (Å²) in [5.41, 5.74) is 3.94. The van der Waals surface area contributed by atoms with Crippen LogP contribution in [0.4, 0.5) is 0 Å². The van der Waals surface area contributed by atoms with E-state index in [1.807, 2.05) is 42.8 Å². The van der Waals surface area contributed by atoms with E-state index in [0.717, 1.165) is 40.7 Å². The molecule has 0 N–H and O–H groups in total. The number of ether oxygens (including phenoxy) is 1. The highest BCUT2D eigenvalue weighted by molar-refractivity contribution is 6.11. The average molecular weight is 321 g/mol. The summed E-state index contributed by atoms with van der Waals surface area (Å²) in [5.74, 6) is 0.739. The van der Waals surface area contributed by atoms with E-state index in [1.165, 1.54) is 0 Å². The minimum Gasteiger partial charge on any atom is -0.493 e. The summed E-state index contributed by atoms with van der Waals surface area (Å²) in [5, 5.41) is 5.27. The van der Waals surface area contributed by atoms with Gasteiger partial charge in [0.05, 0.1) is 18.2 Å². The minimum absolute atomic E-state index is 0.0233. The lowest BCUT2D eigenvalue weighted by Crippen LogP contribution is -2.11. The summed E-state index contributed by atoms with van der Waals surface area (Å²) in [6.45, 7) is 5.21. The number of carbonyl (C=O) groups excluding carboxylic acids is 1. The van der Waals surface area contributed by atoms with E-state index in [-0.39, 0.29) is 5.78 Å². The first-order valence-corrected chi connectivity index (χ1v) is 8.38. The molecule has 5 nitrogen and oxygen atoms in total. The summed E-state index contributed by atoms with van der Waals surface area (Å²) in [6, 6.07) is 7.79. The zero-order chi connectivity index (χ0) is 16.7. The summed E-state index contributed by atoms with van der Waals surface area (Å²) < 4.78 is 7.74. The van der Waals surface area contributed by atoms with Crippen molar-refractivity contribution < 1.29 is 9.53 Å². The van der Waals surface area contributed by atoms with Gasteiger partial charge in [0.25, 0.3) is 0 Å². The zero-order valence-electron chi connectivity index (χ0n) is 13.9. The van der Waals surface area contributed by atoms with Gasteiger partial charge in [0.1, 0.15) is 11.4 Å². The molecule has 0 amide bonds. The second-order valence-corrected chi connectivity index (χ2v) is 5.88. The van der Waals surface area contributed by atoms with Gasteiger partial charge in [-0.15, -0.1) is 0 Å². The van der Waals surface area contributed by atoms with Gasteiger partial charge in [0.15, 0.2) is 5.65 Å². The van der Waals surface area contributed by atoms with Crippen LogP contribution in [-0.4, -0.2) is 27.2 Å². The number of benzene rings is 1. The highest BCUT2D eigenvalue weighted by Gasteiger charge is 2.27. The van der Waals surface area contributed by atoms with Crippen molar-refractivity contribution in [3.05, 3.63) is 52.8 Å². The summed E-state index contributed by atoms with van der Waals surface area (Å²) in [6.07, 6.45) is 3.34. The molecule has 2 heterocycles. The van der Waals surface area contributed by atoms with Gasteiger partial charge in [0.2, 0.25) is 5.78 Å². The molecule has 5 heteroatoms. The lowest BCUT2D eigenvalue weighted by Gasteiger charge is -2.13. The van der Waals surface area contributed by atoms with Crippen LogP contribution in [0.15, 0.2) is 30.5 Å². The molecule has 3 aromatic rings. The molecule has 0 radical (unpaired) electrons. The highest BCUT2D eigenvalue weighted by Crippen LogP contribution is 2.35. The topological polar surface area (TPSA) is 57.0 Å². The Morgan fingerprint density at radius 1 is 1.21 bits per heavy atom. The lowest BCUT2D eigenvalue weighted by atomic mass is 10.0. The molecule has 0 atom stereocenters. The molecule has 0 fully saturated rings. The fourth-order valence-electron chi connectivity index (χ4n) is 3.41. The first-order valence-electron chi connectivity index (χ1n) is 8.38. The van der Waals surface area contributed by atoms with Crippen molar-refractivity contribution in [3.63, 3.8) is 0 Å². The molecule has 0 aliphatic heterocycles. The third-order valence-electron chi connectivity index (χ3n) is 4.54. The maximum absolute atomic E-state index is 13.1. The van der Waals surface area contributed by atoms with Crippen LogP contribution < -0.4 is 4.74 Å². The number of ketones is 1. The first-order chi connectivity index (χ1) is 11.7. The van der Waals surface area contributed by atoms with E-state index < -0.39 is 0 Å². The summed E-state index contributed by atoms with van der Waals surface area (Å²) in [7, 11) is 0. The third-order valence-corrected chi connectivity index (χ3v) is 4.54. The van der Waals surface area contributed by atoms with Gasteiger partial charge in [-0.05, 0) is 32.3 Å². The first kappa shape index (κ1) is 14.9. The Balaban J connectivity index is 2.02. The van der Waals surface area contributed by atoms with Crippen LogP contribution in [0.1, 0.15) is 41.0 Å². The van der Waals surface area contributed by atoms with E-state index in [1.54, 1.807) is 6.20 Å². The van der Waals surface area contributed by atoms with Crippen LogP contribution in [0.5, 0.6) is 5.75 Å². The van der Waals surface area contributed by atoms with Crippen LogP contribution in [-0.2, 0) is 19.4 Å². The van der Waals surface area contributed by atoms with Crippen LogP contribution >= 0.6 is 0 Å². The number of hydrogen-bond acceptors (Lipinski definition) is 4. The van der Waals surface area contributed by atoms with Crippen molar-refractivity contribution in [3.8, 4) is 5.75 Å². The van der Waals surface area contributed by atoms with E-state index >= 15 is 0 Å². The van der Waals surface area contributed by atoms with Crippen molar-refractivity contribution in [2.24, 2.45) is 0 Å². The zero-order valence-corrected chi connectivity index (χ0v) is 13.9. The average Bonchev–Trinajstić information content (AvgIpc) is 2.97. The standard InChI is InChI=1S/C19H19N3O2/c1-3-22-19-15(11-20-22)18(24-4-2)14-10-9-12-7-5-6-8-13(12)17(23)16(14)21-19/h5-8,11H,3-4,9-10H2,1-2H3. The van der Waals surface area contributed by atoms with E-state index in [9.17, 15) is 4.79 Å². The Labute approximate surface area is 140 Å². The Bertz CT molecular complexity index is 943. The lowest BCUT2D eigenvalue weighted by molar-refractivity contribution is 0.103. The van der Waals surface area contributed by atoms with Crippen LogP contribution in [0.3, 0.4) is 0 Å². The van der Waals surface area contributed by atoms with Gasteiger partial charge in [-0.3, -0.25) is 4.79 Å². The quantitative estimate of drug-likeness (QED) is 0.743. The molecule has 1 aliphatic carbocycles. The molecular weight excluding hydrogens is 302 g/mol. The molecule has 0 saturated carbocycles. The number of rotatable bonds is 3. The molecule has 0 bridgehead atoms. The fourth-order valence-corrected chi connectivity index (χ4v) is 3.41. The van der Waals surface area contributed by atoms with Gasteiger partial charge in [-0.1, -0.05) is 24.3 Å². The van der Waals surface area contributed by atoms with Gasteiger partial charge in [-0.2, -0.15) is 5.10 Å². The third kappa shape index (κ3) is 2.12. The van der Waals surface area contributed by atoms with Gasteiger partial charge in [0, 0.05) is 17.7 Å². The van der Waals surface area contributed by atoms with Crippen molar-refractivity contribution in [2.45, 2.75) is 33.2 Å². The van der Waals surface area contributed by atoms with Gasteiger partial charge >= 0.3 is 0 Å². The maximum Gasteiger partial charge on any atom is 0.212 e. The van der Waals surface area contributed by atoms with E-state index in [2.05, 4.69) is 5.10 Å². The summed E-state index contributed by atoms with van der Waals surface area (Å²) in [4.78, 5) is 17.8. The van der Waals surface area contributed by atoms with Gasteiger partial charge in [-0.25, -0.2) is 9.67 Å². The number of aromatic nitrogens is 3. The minimum atomic E-state index is -0.0233. The second-order valence-electron chi connectivity index (χ2n) is 5.88. The van der Waals surface area contributed by atoms with Crippen LogP contribution in [0, 0.1) is 0 Å². The molecule has 1 aromatic carbocycles. The molecule has 24 heavy (non-hydrogen) atoms. The van der Waals surface area contributed by atoms with Crippen molar-refractivity contribution in [1.29, 1.82) is 0 Å². The predicted octanol–water partition coefficient (Wildman–Crippen LogP) is 3.18. The molecule has 4 rings (SSSR count). The molecule has 1 aliphatic rings. The van der Waals surface area contributed by atoms with Crippen LogP contribution in [0.25, 0.3) is 11.0 Å². The fraction of sp³-hybridized carbons (Fsp3) is 0.316. The molecular formula is C19H19N3O2. The summed E-state index contributed by atoms with van der Waals surface area (Å²) >= 11 is 0. The number of hydrogen-bond donors (Lipinski definition) is 0. The van der Waals surface area contributed by atoms with Crippen LogP contribution in [0.2, 0.25) is 0 Å². The predicted molar refractivity (Wildman–Crippen MR) is 91.7 cm³/mol. The number of carbonyl (C=O) groups is 1. The molecule has 0 spiro atoms. The molecule has 0 unspecified atom stereocenters. The van der Waals surface area contributed by atoms with Crippen molar-refractivity contribution >= 4 is 16.8 Å². The van der Waals surface area contributed by atoms with Crippen molar-refractivity contribution in [1.82, 2.24) is 14.8 Å². The van der Waals surface area contributed by atoms with Gasteiger partial charge < -0.3 is 4.74 Å². The monoisotopic (exact) mass is 321 g/mol. The molecule has 122 valence electrons. The number of nitrogens with zero attached hydrogens (tertiary/aromatic N) is 3. The Morgan fingerprint density at radius 3 is 2.83 bits per heavy atom. The SMILES string of the molecule is CCOc1c2c(nc3c1cnn3CC)C(=O)c1ccccc1CC2. The van der Waals surface area contributed by atoms with E-state index in [4.69, 9.17) is 9.72 Å². The second kappa shape index (κ2) is 5.74. The normalized spacial score (nSPS) is 13.5. The van der Waals surface area contributed by atoms with Crippen molar-refractivity contribution in [2.75, 3.05) is 6.61 Å². The number of aryl methyl sites for hydroxylation is 2. The Kier molecular flexibility index (Phi) is 3.56. The molecule has 0 saturated heterocycles. The smallest absolute Gasteiger partial charge is 0.212 e. The molecule has 2 aromatic heterocycles. The number of pyridine rings is 1. The largest absolute Gasteiger partial charge is 0.493 e. The van der Waals surface area contributed by atoms with E-state index in [0.29, 0.717) is 24.5 Å². The number of fused-ring (bicyclic) bond motifs is 3.